The fourth-order valence-electron chi connectivity index (χ4n) is 3.09. The molecule has 0 spiro atoms. The van der Waals surface area contributed by atoms with Crippen molar-refractivity contribution in [3.05, 3.63) is 65.2 Å². The average Bonchev–Trinajstić information content (AvgIpc) is 2.97. The lowest BCUT2D eigenvalue weighted by atomic mass is 9.94. The molecule has 0 saturated heterocycles. The standard InChI is InChI=1S/C20H18F3N3O2S/c1-11(13-5-3-4-6-14(13)21)9-16-26-18(28)19(2,29-16)20(22,23)12-7-8-25-15(10-12)17(24)27/h3-8,10-11H,9H2,1-2H3,(H2,24,27)/t11-,19?/m1/s1. The minimum atomic E-state index is -3.64. The molecule has 0 radical (unpaired) electrons. The molecule has 0 bridgehead atoms. The van der Waals surface area contributed by atoms with Crippen molar-refractivity contribution in [3.8, 4) is 0 Å². The summed E-state index contributed by atoms with van der Waals surface area (Å²) in [7, 11) is 0. The predicted octanol–water partition coefficient (Wildman–Crippen LogP) is 4.04. The third-order valence-corrected chi connectivity index (χ3v) is 6.18. The van der Waals surface area contributed by atoms with Crippen LogP contribution in [0, 0.1) is 5.82 Å². The first-order chi connectivity index (χ1) is 13.6. The molecule has 152 valence electrons. The summed E-state index contributed by atoms with van der Waals surface area (Å²) in [5.41, 5.74) is 4.66. The number of carbonyl (C=O) groups is 2. The minimum Gasteiger partial charge on any atom is -0.364 e. The van der Waals surface area contributed by atoms with E-state index < -0.39 is 33.9 Å². The van der Waals surface area contributed by atoms with Gasteiger partial charge in [0.1, 0.15) is 11.5 Å². The number of alkyl halides is 2. The third-order valence-electron chi connectivity index (χ3n) is 4.85. The minimum absolute atomic E-state index is 0.145. The van der Waals surface area contributed by atoms with E-state index in [1.54, 1.807) is 25.1 Å². The van der Waals surface area contributed by atoms with Crippen LogP contribution in [0.2, 0.25) is 0 Å². The van der Waals surface area contributed by atoms with Gasteiger partial charge in [-0.2, -0.15) is 8.78 Å². The van der Waals surface area contributed by atoms with E-state index in [4.69, 9.17) is 5.73 Å². The van der Waals surface area contributed by atoms with Gasteiger partial charge in [-0.25, -0.2) is 9.38 Å². The summed E-state index contributed by atoms with van der Waals surface area (Å²) in [6, 6.07) is 8.08. The van der Waals surface area contributed by atoms with Crippen LogP contribution >= 0.6 is 11.8 Å². The summed E-state index contributed by atoms with van der Waals surface area (Å²) >= 11 is 0.657. The molecule has 0 saturated carbocycles. The van der Waals surface area contributed by atoms with Crippen molar-refractivity contribution >= 4 is 28.6 Å². The zero-order valence-electron chi connectivity index (χ0n) is 15.7. The number of nitrogens with zero attached hydrogens (tertiary/aromatic N) is 2. The Bertz CT molecular complexity index is 1010. The molecular formula is C20H18F3N3O2S. The van der Waals surface area contributed by atoms with Gasteiger partial charge in [-0.3, -0.25) is 14.6 Å². The third kappa shape index (κ3) is 3.78. The number of rotatable bonds is 6. The van der Waals surface area contributed by atoms with Crippen molar-refractivity contribution in [3.63, 3.8) is 0 Å². The second-order valence-corrected chi connectivity index (χ2v) is 8.43. The van der Waals surface area contributed by atoms with Crippen molar-refractivity contribution < 1.29 is 22.8 Å². The number of primary amides is 1. The van der Waals surface area contributed by atoms with Gasteiger partial charge in [-0.05, 0) is 36.6 Å². The highest BCUT2D eigenvalue weighted by Gasteiger charge is 2.60. The molecule has 2 N–H and O–H groups in total. The number of hydrogen-bond acceptors (Lipinski definition) is 4. The van der Waals surface area contributed by atoms with Crippen LogP contribution < -0.4 is 5.73 Å². The maximum absolute atomic E-state index is 15.3. The molecule has 1 aliphatic rings. The zero-order chi connectivity index (χ0) is 21.4. The van der Waals surface area contributed by atoms with E-state index >= 15 is 8.78 Å². The van der Waals surface area contributed by atoms with Gasteiger partial charge in [0.15, 0.2) is 4.75 Å². The molecule has 3 rings (SSSR count). The summed E-state index contributed by atoms with van der Waals surface area (Å²) in [5.74, 6) is -6.34. The maximum Gasteiger partial charge on any atom is 0.296 e. The molecule has 2 heterocycles. The Labute approximate surface area is 169 Å². The maximum atomic E-state index is 15.3. The second kappa shape index (κ2) is 7.62. The van der Waals surface area contributed by atoms with Crippen LogP contribution in [0.25, 0.3) is 0 Å². The number of nitrogens with two attached hydrogens (primary N) is 1. The molecule has 2 aromatic rings. The normalized spacial score (nSPS) is 20.4. The van der Waals surface area contributed by atoms with E-state index in [9.17, 15) is 14.0 Å². The van der Waals surface area contributed by atoms with Crippen LogP contribution in [0.1, 0.15) is 47.8 Å². The van der Waals surface area contributed by atoms with Crippen molar-refractivity contribution in [1.29, 1.82) is 0 Å². The molecule has 1 aliphatic heterocycles. The monoisotopic (exact) mass is 421 g/mol. The van der Waals surface area contributed by atoms with Crippen LogP contribution in [0.5, 0.6) is 0 Å². The van der Waals surface area contributed by atoms with Gasteiger partial charge in [0.25, 0.3) is 17.7 Å². The number of aliphatic imine (C=N–C) groups is 1. The number of amides is 2. The predicted molar refractivity (Wildman–Crippen MR) is 105 cm³/mol. The molecule has 2 atom stereocenters. The molecule has 2 amide bonds. The molecule has 1 unspecified atom stereocenters. The van der Waals surface area contributed by atoms with E-state index in [1.165, 1.54) is 6.07 Å². The quantitative estimate of drug-likeness (QED) is 0.763. The fraction of sp³-hybridized carbons (Fsp3) is 0.300. The fourth-order valence-corrected chi connectivity index (χ4v) is 4.40. The van der Waals surface area contributed by atoms with Crippen LogP contribution in [-0.4, -0.2) is 26.6 Å². The first kappa shape index (κ1) is 21.0. The first-order valence-corrected chi connectivity index (χ1v) is 9.57. The Hall–Kier alpha value is -2.68. The average molecular weight is 421 g/mol. The van der Waals surface area contributed by atoms with Gasteiger partial charge in [0, 0.05) is 18.2 Å². The zero-order valence-corrected chi connectivity index (χ0v) is 16.5. The molecule has 0 aliphatic carbocycles. The molecule has 1 aromatic carbocycles. The number of thioether (sulfide) groups is 1. The molecular weight excluding hydrogens is 403 g/mol. The van der Waals surface area contributed by atoms with Crippen LogP contribution in [0.4, 0.5) is 13.2 Å². The van der Waals surface area contributed by atoms with E-state index in [1.807, 2.05) is 0 Å². The van der Waals surface area contributed by atoms with Gasteiger partial charge < -0.3 is 5.73 Å². The lowest BCUT2D eigenvalue weighted by Gasteiger charge is -2.31. The van der Waals surface area contributed by atoms with E-state index in [0.29, 0.717) is 17.3 Å². The molecule has 0 fully saturated rings. The number of carbonyl (C=O) groups excluding carboxylic acids is 2. The summed E-state index contributed by atoms with van der Waals surface area (Å²) in [5, 5.41) is 0.206. The van der Waals surface area contributed by atoms with E-state index in [-0.39, 0.29) is 23.1 Å². The van der Waals surface area contributed by atoms with Gasteiger partial charge in [0.2, 0.25) is 0 Å². The number of hydrogen-bond donors (Lipinski definition) is 1. The topological polar surface area (TPSA) is 85.4 Å². The van der Waals surface area contributed by atoms with Gasteiger partial charge in [-0.1, -0.05) is 36.9 Å². The van der Waals surface area contributed by atoms with Crippen molar-refractivity contribution in [2.45, 2.75) is 36.9 Å². The van der Waals surface area contributed by atoms with Crippen LogP contribution in [-0.2, 0) is 10.7 Å². The Morgan fingerprint density at radius 2 is 2.00 bits per heavy atom. The first-order valence-electron chi connectivity index (χ1n) is 8.76. The molecule has 9 heteroatoms. The summed E-state index contributed by atoms with van der Waals surface area (Å²) < 4.78 is 42.3. The lowest BCUT2D eigenvalue weighted by molar-refractivity contribution is -0.130. The SMILES string of the molecule is C[C@H](CC1=NC(=O)C(C)(C(F)(F)c2ccnc(C(N)=O)c2)S1)c1ccccc1F. The lowest BCUT2D eigenvalue weighted by Crippen LogP contribution is -2.45. The van der Waals surface area contributed by atoms with Gasteiger partial charge >= 0.3 is 0 Å². The van der Waals surface area contributed by atoms with Gasteiger partial charge in [-0.15, -0.1) is 0 Å². The van der Waals surface area contributed by atoms with E-state index in [2.05, 4.69) is 9.98 Å². The number of halogens is 3. The Kier molecular flexibility index (Phi) is 5.53. The Morgan fingerprint density at radius 3 is 2.66 bits per heavy atom. The smallest absolute Gasteiger partial charge is 0.296 e. The van der Waals surface area contributed by atoms with Gasteiger partial charge in [0.05, 0.1) is 5.04 Å². The Morgan fingerprint density at radius 1 is 1.31 bits per heavy atom. The highest BCUT2D eigenvalue weighted by molar-refractivity contribution is 8.16. The van der Waals surface area contributed by atoms with E-state index in [0.717, 1.165) is 25.3 Å². The Balaban J connectivity index is 1.85. The highest BCUT2D eigenvalue weighted by Crippen LogP contribution is 2.52. The molecule has 5 nitrogen and oxygen atoms in total. The van der Waals surface area contributed by atoms with Crippen molar-refractivity contribution in [2.75, 3.05) is 0 Å². The van der Waals surface area contributed by atoms with Crippen molar-refractivity contribution in [1.82, 2.24) is 4.98 Å². The summed E-state index contributed by atoms with van der Waals surface area (Å²) in [4.78, 5) is 31.2. The largest absolute Gasteiger partial charge is 0.364 e. The van der Waals surface area contributed by atoms with Crippen LogP contribution in [0.3, 0.4) is 0 Å². The molecule has 1 aromatic heterocycles. The molecule has 29 heavy (non-hydrogen) atoms. The number of aromatic nitrogens is 1. The summed E-state index contributed by atoms with van der Waals surface area (Å²) in [6.07, 6.45) is 1.19. The number of benzene rings is 1. The second-order valence-electron chi connectivity index (χ2n) is 6.94. The highest BCUT2D eigenvalue weighted by atomic mass is 32.2. The van der Waals surface area contributed by atoms with Crippen LogP contribution in [0.15, 0.2) is 47.6 Å². The van der Waals surface area contributed by atoms with Crippen molar-refractivity contribution in [2.24, 2.45) is 10.7 Å². The summed E-state index contributed by atoms with van der Waals surface area (Å²) in [6.45, 7) is 2.84. The number of pyridine rings is 1.